The number of anilines is 3. The number of hydrogen-bond donors (Lipinski definition) is 0. The first kappa shape index (κ1) is 33.4. The minimum absolute atomic E-state index is 0.310. The Morgan fingerprint density at radius 1 is 0.294 bits per heavy atom. The summed E-state index contributed by atoms with van der Waals surface area (Å²) in [5.74, 6) is -21.0. The number of rotatable bonds is 6. The Labute approximate surface area is 283 Å². The maximum Gasteiger partial charge on any atom is 0.200 e. The standard InChI is InChI=1S/C40H19F10N/c41-31-29(32(42)36(46)39(49)35(31)45)22-10-16-25(17-11-22)51(24-14-8-21(9-15-24)28-7-3-5-20-4-1-2-6-27(20)28)26-18-12-23(13-19-26)30-33(43)37(47)40(50)38(48)34(30)44/h1-19H. The Hall–Kier alpha value is -6.10. The highest BCUT2D eigenvalue weighted by atomic mass is 19.2. The third-order valence-electron chi connectivity index (χ3n) is 8.47. The predicted octanol–water partition coefficient (Wildman–Crippen LogP) is 12.7. The summed E-state index contributed by atoms with van der Waals surface area (Å²) in [6.07, 6.45) is 0. The van der Waals surface area contributed by atoms with Crippen LogP contribution in [0.15, 0.2) is 115 Å². The second-order valence-corrected chi connectivity index (χ2v) is 11.4. The third-order valence-corrected chi connectivity index (χ3v) is 8.47. The van der Waals surface area contributed by atoms with E-state index >= 15 is 0 Å². The molecule has 0 atom stereocenters. The summed E-state index contributed by atoms with van der Waals surface area (Å²) < 4.78 is 142. The Kier molecular flexibility index (Phi) is 8.50. The molecule has 51 heavy (non-hydrogen) atoms. The zero-order chi connectivity index (χ0) is 36.1. The molecule has 7 rings (SSSR count). The second-order valence-electron chi connectivity index (χ2n) is 11.4. The van der Waals surface area contributed by atoms with Gasteiger partial charge in [0.05, 0.1) is 11.1 Å². The summed E-state index contributed by atoms with van der Waals surface area (Å²) in [4.78, 5) is 1.59. The van der Waals surface area contributed by atoms with Crippen molar-refractivity contribution in [3.05, 3.63) is 173 Å². The molecule has 0 saturated carbocycles. The Balaban J connectivity index is 1.33. The predicted molar refractivity (Wildman–Crippen MR) is 175 cm³/mol. The second kappa shape index (κ2) is 13.0. The molecule has 0 fully saturated rings. The highest BCUT2D eigenvalue weighted by molar-refractivity contribution is 5.97. The summed E-state index contributed by atoms with van der Waals surface area (Å²) in [7, 11) is 0. The fraction of sp³-hybridized carbons (Fsp3) is 0. The van der Waals surface area contributed by atoms with Gasteiger partial charge in [0.25, 0.3) is 0 Å². The third kappa shape index (κ3) is 5.64. The van der Waals surface area contributed by atoms with E-state index in [2.05, 4.69) is 0 Å². The fourth-order valence-electron chi connectivity index (χ4n) is 5.99. The van der Waals surface area contributed by atoms with Gasteiger partial charge in [0, 0.05) is 17.1 Å². The summed E-state index contributed by atoms with van der Waals surface area (Å²) in [5.41, 5.74) is -0.00325. The van der Waals surface area contributed by atoms with E-state index in [4.69, 9.17) is 0 Å². The molecule has 7 aromatic rings. The van der Waals surface area contributed by atoms with Gasteiger partial charge in [-0.1, -0.05) is 78.9 Å². The van der Waals surface area contributed by atoms with Crippen LogP contribution in [-0.2, 0) is 0 Å². The zero-order valence-electron chi connectivity index (χ0n) is 25.7. The SMILES string of the molecule is Fc1c(F)c(F)c(-c2ccc(N(c3ccc(-c4c(F)c(F)c(F)c(F)c4F)cc3)c3ccc(-c4cccc5ccccc45)cc3)cc2)c(F)c1F. The van der Waals surface area contributed by atoms with E-state index in [9.17, 15) is 43.9 Å². The van der Waals surface area contributed by atoms with Gasteiger partial charge in [-0.25, -0.2) is 43.9 Å². The lowest BCUT2D eigenvalue weighted by Gasteiger charge is -2.26. The normalized spacial score (nSPS) is 11.3. The molecular weight excluding hydrogens is 684 g/mol. The minimum Gasteiger partial charge on any atom is -0.311 e. The molecule has 0 saturated heterocycles. The number of halogens is 10. The smallest absolute Gasteiger partial charge is 0.200 e. The highest BCUT2D eigenvalue weighted by Crippen LogP contribution is 2.40. The molecule has 0 aliphatic heterocycles. The molecule has 0 aliphatic rings. The topological polar surface area (TPSA) is 3.24 Å². The first-order chi connectivity index (χ1) is 24.5. The average molecular weight is 704 g/mol. The minimum atomic E-state index is -2.29. The molecule has 0 amide bonds. The van der Waals surface area contributed by atoms with Gasteiger partial charge < -0.3 is 4.90 Å². The maximum atomic E-state index is 14.6. The van der Waals surface area contributed by atoms with Crippen LogP contribution in [0.5, 0.6) is 0 Å². The molecule has 0 unspecified atom stereocenters. The number of hydrogen-bond acceptors (Lipinski definition) is 1. The van der Waals surface area contributed by atoms with Crippen LogP contribution in [0, 0.1) is 58.2 Å². The van der Waals surface area contributed by atoms with Gasteiger partial charge in [0.15, 0.2) is 46.5 Å². The van der Waals surface area contributed by atoms with Crippen LogP contribution in [0.1, 0.15) is 0 Å². The molecule has 0 radical (unpaired) electrons. The van der Waals surface area contributed by atoms with Crippen LogP contribution in [0.25, 0.3) is 44.2 Å². The molecule has 0 N–H and O–H groups in total. The van der Waals surface area contributed by atoms with Crippen molar-refractivity contribution in [1.29, 1.82) is 0 Å². The van der Waals surface area contributed by atoms with Gasteiger partial charge in [-0.2, -0.15) is 0 Å². The van der Waals surface area contributed by atoms with Gasteiger partial charge in [-0.3, -0.25) is 0 Å². The van der Waals surface area contributed by atoms with Gasteiger partial charge >= 0.3 is 0 Å². The van der Waals surface area contributed by atoms with Crippen LogP contribution in [0.3, 0.4) is 0 Å². The van der Waals surface area contributed by atoms with Crippen LogP contribution >= 0.6 is 0 Å². The first-order valence-electron chi connectivity index (χ1n) is 15.1. The lowest BCUT2D eigenvalue weighted by molar-refractivity contribution is 0.381. The van der Waals surface area contributed by atoms with Crippen LogP contribution in [0.4, 0.5) is 61.0 Å². The molecule has 11 heteroatoms. The van der Waals surface area contributed by atoms with E-state index in [1.807, 2.05) is 54.6 Å². The summed E-state index contributed by atoms with van der Waals surface area (Å²) in [6, 6.07) is 30.8. The zero-order valence-corrected chi connectivity index (χ0v) is 25.7. The largest absolute Gasteiger partial charge is 0.311 e. The van der Waals surface area contributed by atoms with Crippen molar-refractivity contribution in [3.63, 3.8) is 0 Å². The van der Waals surface area contributed by atoms with Crippen molar-refractivity contribution >= 4 is 27.8 Å². The van der Waals surface area contributed by atoms with Crippen molar-refractivity contribution in [2.75, 3.05) is 4.90 Å². The van der Waals surface area contributed by atoms with E-state index in [0.29, 0.717) is 17.1 Å². The molecule has 254 valence electrons. The molecule has 0 aromatic heterocycles. The van der Waals surface area contributed by atoms with E-state index in [0.717, 1.165) is 46.2 Å². The summed E-state index contributed by atoms with van der Waals surface area (Å²) >= 11 is 0. The monoisotopic (exact) mass is 703 g/mol. The van der Waals surface area contributed by atoms with E-state index in [1.165, 1.54) is 24.3 Å². The molecule has 0 spiro atoms. The summed E-state index contributed by atoms with van der Waals surface area (Å²) in [6.45, 7) is 0. The number of fused-ring (bicyclic) bond motifs is 1. The van der Waals surface area contributed by atoms with Crippen molar-refractivity contribution < 1.29 is 43.9 Å². The van der Waals surface area contributed by atoms with E-state index < -0.39 is 69.3 Å². The van der Waals surface area contributed by atoms with Crippen LogP contribution < -0.4 is 4.90 Å². The first-order valence-corrected chi connectivity index (χ1v) is 15.1. The molecule has 0 bridgehead atoms. The average Bonchev–Trinajstić information content (AvgIpc) is 3.16. The quantitative estimate of drug-likeness (QED) is 0.0947. The van der Waals surface area contributed by atoms with Crippen molar-refractivity contribution in [3.8, 4) is 33.4 Å². The van der Waals surface area contributed by atoms with Gasteiger partial charge in [0.2, 0.25) is 11.6 Å². The van der Waals surface area contributed by atoms with E-state index in [1.54, 1.807) is 17.0 Å². The molecule has 0 heterocycles. The van der Waals surface area contributed by atoms with E-state index in [-0.39, 0.29) is 11.1 Å². The van der Waals surface area contributed by atoms with Crippen LogP contribution in [-0.4, -0.2) is 0 Å². The van der Waals surface area contributed by atoms with Gasteiger partial charge in [-0.05, 0) is 69.4 Å². The molecule has 1 nitrogen and oxygen atoms in total. The molecular formula is C40H19F10N. The lowest BCUT2D eigenvalue weighted by atomic mass is 9.98. The molecule has 0 aliphatic carbocycles. The maximum absolute atomic E-state index is 14.6. The van der Waals surface area contributed by atoms with Crippen molar-refractivity contribution in [2.45, 2.75) is 0 Å². The summed E-state index contributed by atoms with van der Waals surface area (Å²) in [5, 5.41) is 2.01. The molecule has 7 aromatic carbocycles. The Bertz CT molecular complexity index is 2280. The highest BCUT2D eigenvalue weighted by Gasteiger charge is 2.28. The van der Waals surface area contributed by atoms with Crippen molar-refractivity contribution in [1.82, 2.24) is 0 Å². The lowest BCUT2D eigenvalue weighted by Crippen LogP contribution is -2.10. The Morgan fingerprint density at radius 3 is 1.04 bits per heavy atom. The Morgan fingerprint density at radius 2 is 0.627 bits per heavy atom. The number of benzene rings is 7. The van der Waals surface area contributed by atoms with Gasteiger partial charge in [-0.15, -0.1) is 0 Å². The van der Waals surface area contributed by atoms with Crippen LogP contribution in [0.2, 0.25) is 0 Å². The number of nitrogens with zero attached hydrogens (tertiary/aromatic N) is 1. The van der Waals surface area contributed by atoms with Gasteiger partial charge in [0.1, 0.15) is 0 Å². The fourth-order valence-corrected chi connectivity index (χ4v) is 5.99. The van der Waals surface area contributed by atoms with Crippen molar-refractivity contribution in [2.24, 2.45) is 0 Å².